The summed E-state index contributed by atoms with van der Waals surface area (Å²) in [6.07, 6.45) is 2.79. The van der Waals surface area contributed by atoms with Crippen molar-refractivity contribution in [3.8, 4) is 0 Å². The molecule has 0 amide bonds. The van der Waals surface area contributed by atoms with E-state index in [4.69, 9.17) is 0 Å². The summed E-state index contributed by atoms with van der Waals surface area (Å²) >= 11 is 0. The smallest absolute Gasteiger partial charge is 0.748 e. The monoisotopic (exact) mass is 262 g/mol. The molecule has 2 atom stereocenters. The van der Waals surface area contributed by atoms with Crippen LogP contribution in [0.15, 0.2) is 0 Å². The van der Waals surface area contributed by atoms with Crippen molar-refractivity contribution in [1.29, 1.82) is 0 Å². The molecular formula is C9H19KO4S. The number of hydrogen-bond donors (Lipinski definition) is 1. The Labute approximate surface area is 135 Å². The summed E-state index contributed by atoms with van der Waals surface area (Å²) in [7, 11) is -4.14. The van der Waals surface area contributed by atoms with E-state index in [1.165, 1.54) is 6.92 Å². The Kier molecular flexibility index (Phi) is 12.0. The Morgan fingerprint density at radius 3 is 2.20 bits per heavy atom. The van der Waals surface area contributed by atoms with Crippen molar-refractivity contribution in [2.75, 3.05) is 0 Å². The quantitative estimate of drug-likeness (QED) is 0.436. The Balaban J connectivity index is 0. The maximum absolute atomic E-state index is 10.5. The standard InChI is InChI=1S/C9H20O4S.K/c1-3-5-9(10)7-4-6-8(2)14(11,12)13;/h8-10H,3-7H2,1-2H3,(H,11,12,13);/q;+1/p-1. The van der Waals surface area contributed by atoms with Gasteiger partial charge in [-0.05, 0) is 32.6 Å². The second-order valence-electron chi connectivity index (χ2n) is 3.68. The zero-order chi connectivity index (χ0) is 11.2. The van der Waals surface area contributed by atoms with Gasteiger partial charge in [0.1, 0.15) is 0 Å². The van der Waals surface area contributed by atoms with Crippen molar-refractivity contribution in [2.45, 2.75) is 57.3 Å². The summed E-state index contributed by atoms with van der Waals surface area (Å²) in [5.74, 6) is 0. The third kappa shape index (κ3) is 10.4. The second-order valence-corrected chi connectivity index (χ2v) is 5.47. The third-order valence-corrected chi connectivity index (χ3v) is 3.48. The number of aliphatic hydroxyl groups is 1. The molecule has 6 heteroatoms. The molecule has 0 aliphatic heterocycles. The van der Waals surface area contributed by atoms with E-state index < -0.39 is 15.4 Å². The predicted molar refractivity (Wildman–Crippen MR) is 53.9 cm³/mol. The van der Waals surface area contributed by atoms with E-state index in [1.807, 2.05) is 6.92 Å². The van der Waals surface area contributed by atoms with Crippen LogP contribution < -0.4 is 51.4 Å². The molecule has 0 fully saturated rings. The van der Waals surface area contributed by atoms with Crippen molar-refractivity contribution in [3.63, 3.8) is 0 Å². The van der Waals surface area contributed by atoms with Gasteiger partial charge in [-0.3, -0.25) is 0 Å². The van der Waals surface area contributed by atoms with E-state index in [0.29, 0.717) is 19.3 Å². The fourth-order valence-electron chi connectivity index (χ4n) is 1.26. The summed E-state index contributed by atoms with van der Waals surface area (Å²) in [6.45, 7) is 3.39. The van der Waals surface area contributed by atoms with E-state index >= 15 is 0 Å². The van der Waals surface area contributed by atoms with E-state index in [0.717, 1.165) is 12.8 Å². The fourth-order valence-corrected chi connectivity index (χ4v) is 1.72. The fraction of sp³-hybridized carbons (Fsp3) is 1.00. The molecule has 0 aromatic rings. The van der Waals surface area contributed by atoms with Crippen LogP contribution in [0.25, 0.3) is 0 Å². The molecule has 2 unspecified atom stereocenters. The first-order chi connectivity index (χ1) is 6.38. The Morgan fingerprint density at radius 2 is 1.80 bits per heavy atom. The molecule has 0 saturated carbocycles. The van der Waals surface area contributed by atoms with E-state index in [1.54, 1.807) is 0 Å². The molecule has 0 bridgehead atoms. The van der Waals surface area contributed by atoms with Crippen LogP contribution in [0.5, 0.6) is 0 Å². The normalized spacial score (nSPS) is 15.5. The number of hydrogen-bond acceptors (Lipinski definition) is 4. The van der Waals surface area contributed by atoms with Crippen molar-refractivity contribution in [2.24, 2.45) is 0 Å². The summed E-state index contributed by atoms with van der Waals surface area (Å²) in [6, 6.07) is 0. The largest absolute Gasteiger partial charge is 1.00 e. The van der Waals surface area contributed by atoms with Gasteiger partial charge in [-0.2, -0.15) is 0 Å². The first kappa shape index (κ1) is 18.9. The van der Waals surface area contributed by atoms with E-state index in [2.05, 4.69) is 0 Å². The summed E-state index contributed by atoms with van der Waals surface area (Å²) in [5.41, 5.74) is 0. The minimum Gasteiger partial charge on any atom is -0.748 e. The van der Waals surface area contributed by atoms with Crippen LogP contribution in [-0.4, -0.2) is 29.4 Å². The molecule has 15 heavy (non-hydrogen) atoms. The van der Waals surface area contributed by atoms with E-state index in [9.17, 15) is 18.1 Å². The van der Waals surface area contributed by atoms with Crippen molar-refractivity contribution in [1.82, 2.24) is 0 Å². The van der Waals surface area contributed by atoms with Gasteiger partial charge in [0.15, 0.2) is 0 Å². The predicted octanol–water partition coefficient (Wildman–Crippen LogP) is -1.74. The van der Waals surface area contributed by atoms with Crippen LogP contribution in [-0.2, 0) is 10.1 Å². The molecule has 4 nitrogen and oxygen atoms in total. The van der Waals surface area contributed by atoms with Gasteiger partial charge in [0.25, 0.3) is 0 Å². The molecule has 0 radical (unpaired) electrons. The van der Waals surface area contributed by atoms with Gasteiger partial charge in [-0.25, -0.2) is 8.42 Å². The minimum absolute atomic E-state index is 0. The second kappa shape index (κ2) is 9.53. The van der Waals surface area contributed by atoms with Gasteiger partial charge < -0.3 is 9.66 Å². The molecule has 86 valence electrons. The third-order valence-electron chi connectivity index (χ3n) is 2.26. The topological polar surface area (TPSA) is 77.4 Å². The molecule has 0 rings (SSSR count). The average molecular weight is 262 g/mol. The van der Waals surface area contributed by atoms with Crippen molar-refractivity contribution in [3.05, 3.63) is 0 Å². The molecule has 0 saturated heterocycles. The van der Waals surface area contributed by atoms with Crippen LogP contribution in [0.3, 0.4) is 0 Å². The average Bonchev–Trinajstić information content (AvgIpc) is 2.02. The Morgan fingerprint density at radius 1 is 1.27 bits per heavy atom. The first-order valence-corrected chi connectivity index (χ1v) is 6.47. The molecule has 0 spiro atoms. The molecule has 0 aromatic carbocycles. The van der Waals surface area contributed by atoms with E-state index in [-0.39, 0.29) is 57.5 Å². The zero-order valence-corrected chi connectivity index (χ0v) is 13.7. The van der Waals surface area contributed by atoms with Gasteiger partial charge in [0.05, 0.1) is 16.2 Å². The van der Waals surface area contributed by atoms with Crippen LogP contribution >= 0.6 is 0 Å². The maximum atomic E-state index is 10.5. The Hall–Kier alpha value is 1.51. The molecular weight excluding hydrogens is 243 g/mol. The van der Waals surface area contributed by atoms with Crippen LogP contribution in [0.4, 0.5) is 0 Å². The molecule has 0 aromatic heterocycles. The SMILES string of the molecule is CCCC(O)CCCC(C)S(=O)(=O)[O-].[K+]. The minimum atomic E-state index is -4.14. The van der Waals surface area contributed by atoms with Crippen LogP contribution in [0, 0.1) is 0 Å². The van der Waals surface area contributed by atoms with Crippen molar-refractivity contribution >= 4 is 10.1 Å². The van der Waals surface area contributed by atoms with Crippen LogP contribution in [0.1, 0.15) is 46.0 Å². The molecule has 0 heterocycles. The van der Waals surface area contributed by atoms with Gasteiger partial charge in [-0.1, -0.05) is 13.3 Å². The molecule has 0 aliphatic rings. The van der Waals surface area contributed by atoms with Gasteiger partial charge in [0, 0.05) is 5.25 Å². The molecule has 0 aliphatic carbocycles. The van der Waals surface area contributed by atoms with Gasteiger partial charge >= 0.3 is 51.4 Å². The van der Waals surface area contributed by atoms with Gasteiger partial charge in [0.2, 0.25) is 0 Å². The number of rotatable bonds is 7. The zero-order valence-electron chi connectivity index (χ0n) is 9.77. The summed E-state index contributed by atoms with van der Waals surface area (Å²) < 4.78 is 31.5. The first-order valence-electron chi connectivity index (χ1n) is 5.00. The molecule has 1 N–H and O–H groups in total. The Bertz CT molecular complexity index is 240. The maximum Gasteiger partial charge on any atom is 1.00 e. The van der Waals surface area contributed by atoms with Gasteiger partial charge in [-0.15, -0.1) is 0 Å². The van der Waals surface area contributed by atoms with Crippen LogP contribution in [0.2, 0.25) is 0 Å². The summed E-state index contributed by atoms with van der Waals surface area (Å²) in [5, 5.41) is 8.50. The number of aliphatic hydroxyl groups excluding tert-OH is 1. The summed E-state index contributed by atoms with van der Waals surface area (Å²) in [4.78, 5) is 0. The van der Waals surface area contributed by atoms with Crippen molar-refractivity contribution < 1.29 is 69.5 Å².